The van der Waals surface area contributed by atoms with Crippen LogP contribution >= 0.6 is 0 Å². The first-order valence-electron chi connectivity index (χ1n) is 17.5. The zero-order valence-corrected chi connectivity index (χ0v) is 34.8. The van der Waals surface area contributed by atoms with Gasteiger partial charge < -0.3 is 8.83 Å². The molecule has 64 heavy (non-hydrogen) atoms. The van der Waals surface area contributed by atoms with E-state index < -0.39 is 144 Å². The summed E-state index contributed by atoms with van der Waals surface area (Å²) in [4.78, 5) is 0. The number of halogens is 21. The Bertz CT molecular complexity index is 2410. The summed E-state index contributed by atoms with van der Waals surface area (Å²) < 4.78 is 308. The Morgan fingerprint density at radius 1 is 0.297 bits per heavy atom. The summed E-state index contributed by atoms with van der Waals surface area (Å²) in [5, 5.41) is 0. The van der Waals surface area contributed by atoms with Gasteiger partial charge in [-0.05, 0) is 12.1 Å². The van der Waals surface area contributed by atoms with Crippen molar-refractivity contribution in [1.29, 1.82) is 0 Å². The molecule has 344 valence electrons. The Morgan fingerprint density at radius 3 is 0.625 bits per heavy atom. The maximum absolute atomic E-state index is 15.4. The Balaban J connectivity index is 0.000000337. The van der Waals surface area contributed by atoms with E-state index in [4.69, 9.17) is 8.83 Å². The minimum atomic E-state index is -7.22. The predicted molar refractivity (Wildman–Crippen MR) is 181 cm³/mol. The SMILES string of the molecule is CC(C)(C)c1ccc([I+]c2ccc(C(C)(C)C)o2)o1.Fc1c(F)c(F)c([B-](c2c(F)c(F)c(F)c(F)c2F)(c2c(F)c(F)c(F)c(F)c2F)c2c(F)c(F)c(F)c(F)c2F)c(F)c1F. The minimum absolute atomic E-state index is 0.0712. The van der Waals surface area contributed by atoms with Gasteiger partial charge in [0, 0.05) is 23.0 Å². The van der Waals surface area contributed by atoms with Gasteiger partial charge in [-0.15, -0.1) is 21.9 Å². The molecule has 4 aromatic carbocycles. The summed E-state index contributed by atoms with van der Waals surface area (Å²) in [7, 11) is 0. The van der Waals surface area contributed by atoms with Crippen LogP contribution in [-0.4, -0.2) is 6.15 Å². The first-order valence-corrected chi connectivity index (χ1v) is 19.6. The van der Waals surface area contributed by atoms with Crippen LogP contribution in [-0.2, 0) is 10.8 Å². The van der Waals surface area contributed by atoms with Gasteiger partial charge in [0.25, 0.3) is 0 Å². The van der Waals surface area contributed by atoms with Crippen molar-refractivity contribution in [3.05, 3.63) is 160 Å². The molecule has 0 aliphatic rings. The molecule has 6 aromatic rings. The summed E-state index contributed by atoms with van der Waals surface area (Å²) in [5.74, 6) is -69.3. The number of hydrogen-bond acceptors (Lipinski definition) is 2. The molecule has 0 amide bonds. The van der Waals surface area contributed by atoms with Crippen LogP contribution in [0, 0.1) is 124 Å². The summed E-state index contributed by atoms with van der Waals surface area (Å²) in [6.07, 6.45) is -7.22. The molecule has 0 N–H and O–H groups in total. The second-order valence-electron chi connectivity index (χ2n) is 15.6. The maximum Gasteiger partial charge on any atom is 0.442 e. The Labute approximate surface area is 357 Å². The molecule has 0 radical (unpaired) electrons. The van der Waals surface area contributed by atoms with E-state index >= 15 is 35.1 Å². The van der Waals surface area contributed by atoms with Crippen LogP contribution in [0.15, 0.2) is 33.1 Å². The van der Waals surface area contributed by atoms with Gasteiger partial charge in [0.15, 0.2) is 69.8 Å². The van der Waals surface area contributed by atoms with Crippen molar-refractivity contribution in [2.24, 2.45) is 0 Å². The molecule has 0 unspecified atom stereocenters. The standard InChI is InChI=1S/C24BF20.C16H22IO2/c26-5-1(6(27)14(35)21(42)13(5)34)25(2-7(28)15(36)22(43)16(37)8(2)29,3-9(30)17(38)23(44)18(39)10(3)31)4-11(32)19(40)24(45)20(41)12(4)33;1-15(2,3)11-7-9-13(18-11)17-14-10-8-12(19-14)16(4,5)6/h;7-10H,1-6H3/q-1;+1. The van der Waals surface area contributed by atoms with E-state index in [1.807, 2.05) is 0 Å². The van der Waals surface area contributed by atoms with Crippen molar-refractivity contribution >= 4 is 28.0 Å². The summed E-state index contributed by atoms with van der Waals surface area (Å²) in [5.41, 5.74) is -14.2. The van der Waals surface area contributed by atoms with Crippen molar-refractivity contribution in [3.63, 3.8) is 0 Å². The molecule has 0 aliphatic carbocycles. The monoisotopic (exact) mass is 1050 g/mol. The molecule has 0 aliphatic heterocycles. The zero-order valence-electron chi connectivity index (χ0n) is 32.6. The largest absolute Gasteiger partial charge is 0.442 e. The van der Waals surface area contributed by atoms with Crippen molar-refractivity contribution in [1.82, 2.24) is 0 Å². The third-order valence-electron chi connectivity index (χ3n) is 9.52. The molecule has 2 nitrogen and oxygen atoms in total. The van der Waals surface area contributed by atoms with Crippen molar-refractivity contribution < 1.29 is 118 Å². The second kappa shape index (κ2) is 17.3. The average molecular weight is 1050 g/mol. The summed E-state index contributed by atoms with van der Waals surface area (Å²) in [6, 6.07) is 8.35. The van der Waals surface area contributed by atoms with Gasteiger partial charge in [-0.2, -0.15) is 0 Å². The molecule has 0 saturated heterocycles. The molecule has 2 heterocycles. The van der Waals surface area contributed by atoms with E-state index in [1.54, 1.807) is 0 Å². The summed E-state index contributed by atoms with van der Waals surface area (Å²) in [6.45, 7) is 13.0. The third-order valence-corrected chi connectivity index (χ3v) is 11.7. The van der Waals surface area contributed by atoms with Crippen molar-refractivity contribution in [2.45, 2.75) is 52.4 Å². The smallest absolute Gasteiger partial charge is 0.423 e. The molecule has 2 aromatic heterocycles. The maximum atomic E-state index is 15.4. The molecular weight excluding hydrogens is 1030 g/mol. The van der Waals surface area contributed by atoms with Crippen LogP contribution in [0.4, 0.5) is 87.8 Å². The lowest BCUT2D eigenvalue weighted by atomic mass is 9.12. The third kappa shape index (κ3) is 8.00. The fraction of sp³-hybridized carbons (Fsp3) is 0.200. The van der Waals surface area contributed by atoms with Crippen LogP contribution in [0.25, 0.3) is 0 Å². The Kier molecular flexibility index (Phi) is 13.5. The first kappa shape index (κ1) is 49.8. The van der Waals surface area contributed by atoms with E-state index in [2.05, 4.69) is 65.8 Å². The van der Waals surface area contributed by atoms with Gasteiger partial charge in [0.1, 0.15) is 64.2 Å². The van der Waals surface area contributed by atoms with Gasteiger partial charge >= 0.3 is 28.7 Å². The fourth-order valence-corrected chi connectivity index (χ4v) is 8.44. The van der Waals surface area contributed by atoms with Gasteiger partial charge in [-0.3, -0.25) is 0 Å². The predicted octanol–water partition coefficient (Wildman–Crippen LogP) is 7.44. The highest BCUT2D eigenvalue weighted by atomic mass is 127. The van der Waals surface area contributed by atoms with E-state index in [9.17, 15) is 52.7 Å². The first-order chi connectivity index (χ1) is 29.4. The lowest BCUT2D eigenvalue weighted by Gasteiger charge is -2.44. The van der Waals surface area contributed by atoms with Crippen LogP contribution in [0.3, 0.4) is 0 Å². The van der Waals surface area contributed by atoms with Crippen molar-refractivity contribution in [2.75, 3.05) is 0 Å². The molecular formula is C40H22BF20IO2. The molecule has 0 spiro atoms. The fourth-order valence-electron chi connectivity index (χ4n) is 6.50. The van der Waals surface area contributed by atoms with Crippen LogP contribution in [0.2, 0.25) is 0 Å². The van der Waals surface area contributed by atoms with E-state index in [0.717, 1.165) is 19.1 Å². The molecule has 24 heteroatoms. The van der Waals surface area contributed by atoms with E-state index in [-0.39, 0.29) is 32.0 Å². The lowest BCUT2D eigenvalue weighted by molar-refractivity contribution is -0.636. The summed E-state index contributed by atoms with van der Waals surface area (Å²) >= 11 is -0.360. The normalized spacial score (nSPS) is 12.3. The van der Waals surface area contributed by atoms with E-state index in [1.165, 1.54) is 0 Å². The number of furan rings is 2. The highest BCUT2D eigenvalue weighted by Crippen LogP contribution is 2.31. The molecule has 6 rings (SSSR count). The zero-order chi connectivity index (χ0) is 48.6. The number of hydrogen-bond donors (Lipinski definition) is 0. The molecule has 0 bridgehead atoms. The van der Waals surface area contributed by atoms with Gasteiger partial charge in [0.2, 0.25) is 0 Å². The van der Waals surface area contributed by atoms with Crippen LogP contribution in [0.1, 0.15) is 53.1 Å². The highest BCUT2D eigenvalue weighted by molar-refractivity contribution is 7.20. The van der Waals surface area contributed by atoms with Crippen LogP contribution < -0.4 is 43.1 Å². The van der Waals surface area contributed by atoms with Crippen molar-refractivity contribution in [3.8, 4) is 0 Å². The Morgan fingerprint density at radius 2 is 0.469 bits per heavy atom. The topological polar surface area (TPSA) is 26.3 Å². The van der Waals surface area contributed by atoms with Crippen LogP contribution in [0.5, 0.6) is 0 Å². The number of benzene rings is 4. The van der Waals surface area contributed by atoms with E-state index in [0.29, 0.717) is 0 Å². The second-order valence-corrected chi connectivity index (χ2v) is 18.3. The lowest BCUT2D eigenvalue weighted by Crippen LogP contribution is -3.61. The quantitative estimate of drug-likeness (QED) is 0.0571. The number of rotatable bonds is 6. The molecule has 0 saturated carbocycles. The average Bonchev–Trinajstić information content (AvgIpc) is 3.92. The van der Waals surface area contributed by atoms with Gasteiger partial charge in [0.05, 0.1) is 0 Å². The van der Waals surface area contributed by atoms with Gasteiger partial charge in [-0.1, -0.05) is 41.5 Å². The molecule has 0 atom stereocenters. The molecule has 0 fully saturated rings. The highest BCUT2D eigenvalue weighted by Gasteiger charge is 2.52. The minimum Gasteiger partial charge on any atom is -0.423 e. The van der Waals surface area contributed by atoms with Gasteiger partial charge in [-0.25, -0.2) is 87.8 Å². The Hall–Kier alpha value is -5.17.